The molecule has 0 aliphatic carbocycles. The van der Waals surface area contributed by atoms with E-state index in [2.05, 4.69) is 5.32 Å². The maximum absolute atomic E-state index is 13.7. The molecule has 0 aliphatic rings. The quantitative estimate of drug-likeness (QED) is 0.781. The highest BCUT2D eigenvalue weighted by molar-refractivity contribution is 5.76. The molecule has 24 heavy (non-hydrogen) atoms. The van der Waals surface area contributed by atoms with Crippen molar-refractivity contribution in [2.75, 3.05) is 6.61 Å². The summed E-state index contributed by atoms with van der Waals surface area (Å²) in [6, 6.07) is 15.3. The summed E-state index contributed by atoms with van der Waals surface area (Å²) in [5.41, 5.74) is 6.59. The first-order chi connectivity index (χ1) is 11.6. The zero-order chi connectivity index (χ0) is 17.4. The van der Waals surface area contributed by atoms with Crippen LogP contribution in [0.3, 0.4) is 0 Å². The average Bonchev–Trinajstić information content (AvgIpc) is 2.59. The van der Waals surface area contributed by atoms with Crippen LogP contribution in [0.4, 0.5) is 4.39 Å². The number of rotatable bonds is 8. The van der Waals surface area contributed by atoms with Crippen molar-refractivity contribution in [2.45, 2.75) is 31.8 Å². The Morgan fingerprint density at radius 3 is 2.50 bits per heavy atom. The van der Waals surface area contributed by atoms with E-state index >= 15 is 0 Å². The molecule has 4 nitrogen and oxygen atoms in total. The summed E-state index contributed by atoms with van der Waals surface area (Å²) in [6.07, 6.45) is 0.961. The van der Waals surface area contributed by atoms with Crippen molar-refractivity contribution in [1.29, 1.82) is 0 Å². The van der Waals surface area contributed by atoms with Crippen molar-refractivity contribution < 1.29 is 13.9 Å². The van der Waals surface area contributed by atoms with Gasteiger partial charge < -0.3 is 15.8 Å². The van der Waals surface area contributed by atoms with Gasteiger partial charge in [0.25, 0.3) is 0 Å². The molecule has 2 atom stereocenters. The number of halogens is 1. The van der Waals surface area contributed by atoms with Crippen LogP contribution in [0.15, 0.2) is 54.6 Å². The molecule has 1 amide bonds. The zero-order valence-electron chi connectivity index (χ0n) is 13.7. The molecule has 0 aromatic heterocycles. The molecule has 0 spiro atoms. The molecule has 0 saturated heterocycles. The Morgan fingerprint density at radius 1 is 1.17 bits per heavy atom. The Bertz CT molecular complexity index is 647. The van der Waals surface area contributed by atoms with Crippen molar-refractivity contribution >= 4 is 5.91 Å². The van der Waals surface area contributed by atoms with E-state index < -0.39 is 5.82 Å². The highest BCUT2D eigenvalue weighted by Crippen LogP contribution is 2.19. The lowest BCUT2D eigenvalue weighted by Crippen LogP contribution is -2.33. The van der Waals surface area contributed by atoms with E-state index in [-0.39, 0.29) is 30.3 Å². The van der Waals surface area contributed by atoms with Crippen LogP contribution in [0.2, 0.25) is 0 Å². The minimum Gasteiger partial charge on any atom is -0.488 e. The van der Waals surface area contributed by atoms with Crippen LogP contribution in [0.25, 0.3) is 0 Å². The summed E-state index contributed by atoms with van der Waals surface area (Å²) in [7, 11) is 0. The molecule has 0 heterocycles. The Labute approximate surface area is 141 Å². The molecular weight excluding hydrogens is 307 g/mol. The van der Waals surface area contributed by atoms with Crippen LogP contribution in [0.1, 0.15) is 31.4 Å². The second-order valence-corrected chi connectivity index (χ2v) is 5.79. The summed E-state index contributed by atoms with van der Waals surface area (Å²) in [5, 5.41) is 2.94. The molecule has 2 unspecified atom stereocenters. The summed E-state index contributed by atoms with van der Waals surface area (Å²) >= 11 is 0. The lowest BCUT2D eigenvalue weighted by Gasteiger charge is -2.20. The van der Waals surface area contributed by atoms with Crippen LogP contribution < -0.4 is 15.8 Å². The van der Waals surface area contributed by atoms with E-state index in [1.807, 2.05) is 37.3 Å². The molecule has 2 aromatic carbocycles. The van der Waals surface area contributed by atoms with Gasteiger partial charge in [0, 0.05) is 12.5 Å². The minimum atomic E-state index is -0.424. The van der Waals surface area contributed by atoms with E-state index in [1.165, 1.54) is 6.07 Å². The SMILES string of the molecule is CC(N)CCC(=O)NC(COc1ccccc1F)c1ccccc1. The predicted molar refractivity (Wildman–Crippen MR) is 92.1 cm³/mol. The molecule has 2 aromatic rings. The zero-order valence-corrected chi connectivity index (χ0v) is 13.7. The molecule has 0 fully saturated rings. The number of nitrogens with two attached hydrogens (primary N) is 1. The van der Waals surface area contributed by atoms with Crippen LogP contribution in [-0.4, -0.2) is 18.6 Å². The normalized spacial score (nSPS) is 13.1. The van der Waals surface area contributed by atoms with E-state index in [1.54, 1.807) is 18.2 Å². The van der Waals surface area contributed by atoms with Crippen molar-refractivity contribution in [3.63, 3.8) is 0 Å². The van der Waals surface area contributed by atoms with Gasteiger partial charge in [-0.3, -0.25) is 4.79 Å². The first kappa shape index (κ1) is 17.9. The monoisotopic (exact) mass is 330 g/mol. The number of nitrogens with one attached hydrogen (secondary N) is 1. The number of ether oxygens (including phenoxy) is 1. The predicted octanol–water partition coefficient (Wildman–Crippen LogP) is 3.19. The third kappa shape index (κ3) is 5.66. The van der Waals surface area contributed by atoms with E-state index in [0.29, 0.717) is 12.8 Å². The molecule has 0 bridgehead atoms. The fraction of sp³-hybridized carbons (Fsp3) is 0.316. The first-order valence-electron chi connectivity index (χ1n) is 8.03. The second-order valence-electron chi connectivity index (χ2n) is 5.79. The Kier molecular flexibility index (Phi) is 6.75. The largest absolute Gasteiger partial charge is 0.488 e. The van der Waals surface area contributed by atoms with Crippen molar-refractivity contribution in [3.8, 4) is 5.75 Å². The number of hydrogen-bond donors (Lipinski definition) is 2. The van der Waals surface area contributed by atoms with Gasteiger partial charge in [-0.05, 0) is 31.0 Å². The van der Waals surface area contributed by atoms with Crippen molar-refractivity contribution in [2.24, 2.45) is 5.73 Å². The Balaban J connectivity index is 2.03. The third-order valence-electron chi connectivity index (χ3n) is 3.61. The smallest absolute Gasteiger partial charge is 0.220 e. The second kappa shape index (κ2) is 9.03. The van der Waals surface area contributed by atoms with Crippen LogP contribution in [0.5, 0.6) is 5.75 Å². The minimum absolute atomic E-state index is 0.0272. The number of benzene rings is 2. The maximum Gasteiger partial charge on any atom is 0.220 e. The lowest BCUT2D eigenvalue weighted by molar-refractivity contribution is -0.122. The summed E-state index contributed by atoms with van der Waals surface area (Å²) < 4.78 is 19.3. The van der Waals surface area contributed by atoms with Gasteiger partial charge in [0.05, 0.1) is 6.04 Å². The Hall–Kier alpha value is -2.40. The fourth-order valence-corrected chi connectivity index (χ4v) is 2.27. The number of carbonyl (C=O) groups is 1. The van der Waals surface area contributed by atoms with E-state index in [9.17, 15) is 9.18 Å². The van der Waals surface area contributed by atoms with Crippen molar-refractivity contribution in [3.05, 3.63) is 66.0 Å². The summed E-state index contributed by atoms with van der Waals surface area (Å²) in [5.74, 6) is -0.353. The Morgan fingerprint density at radius 2 is 1.83 bits per heavy atom. The van der Waals surface area contributed by atoms with Crippen LogP contribution >= 0.6 is 0 Å². The van der Waals surface area contributed by atoms with Gasteiger partial charge in [0.15, 0.2) is 11.6 Å². The van der Waals surface area contributed by atoms with Crippen LogP contribution in [-0.2, 0) is 4.79 Å². The molecule has 5 heteroatoms. The lowest BCUT2D eigenvalue weighted by atomic mass is 10.1. The maximum atomic E-state index is 13.7. The molecular formula is C19H23FN2O2. The summed E-state index contributed by atoms with van der Waals surface area (Å²) in [4.78, 5) is 12.1. The molecule has 0 radical (unpaired) electrons. The molecule has 2 rings (SSSR count). The third-order valence-corrected chi connectivity index (χ3v) is 3.61. The topological polar surface area (TPSA) is 64.4 Å². The summed E-state index contributed by atoms with van der Waals surface area (Å²) in [6.45, 7) is 2.01. The fourth-order valence-electron chi connectivity index (χ4n) is 2.27. The van der Waals surface area contributed by atoms with E-state index in [4.69, 9.17) is 10.5 Å². The number of hydrogen-bond acceptors (Lipinski definition) is 3. The number of amides is 1. The van der Waals surface area contributed by atoms with Gasteiger partial charge in [-0.25, -0.2) is 4.39 Å². The van der Waals surface area contributed by atoms with Crippen molar-refractivity contribution in [1.82, 2.24) is 5.32 Å². The highest BCUT2D eigenvalue weighted by Gasteiger charge is 2.16. The van der Waals surface area contributed by atoms with Gasteiger partial charge in [0.2, 0.25) is 5.91 Å². The highest BCUT2D eigenvalue weighted by atomic mass is 19.1. The van der Waals surface area contributed by atoms with Crippen LogP contribution in [0, 0.1) is 5.82 Å². The van der Waals surface area contributed by atoms with Gasteiger partial charge in [-0.15, -0.1) is 0 Å². The van der Waals surface area contributed by atoms with E-state index in [0.717, 1.165) is 5.56 Å². The van der Waals surface area contributed by atoms with Gasteiger partial charge >= 0.3 is 0 Å². The average molecular weight is 330 g/mol. The molecule has 0 saturated carbocycles. The molecule has 128 valence electrons. The number of para-hydroxylation sites is 1. The first-order valence-corrected chi connectivity index (χ1v) is 8.03. The van der Waals surface area contributed by atoms with Gasteiger partial charge in [0.1, 0.15) is 6.61 Å². The standard InChI is InChI=1S/C19H23FN2O2/c1-14(21)11-12-19(23)22-17(15-7-3-2-4-8-15)13-24-18-10-6-5-9-16(18)20/h2-10,14,17H,11-13,21H2,1H3,(H,22,23). The molecule has 0 aliphatic heterocycles. The van der Waals surface area contributed by atoms with Gasteiger partial charge in [-0.1, -0.05) is 42.5 Å². The molecule has 3 N–H and O–H groups in total. The number of carbonyl (C=O) groups excluding carboxylic acids is 1. The van der Waals surface area contributed by atoms with Gasteiger partial charge in [-0.2, -0.15) is 0 Å².